The lowest BCUT2D eigenvalue weighted by Crippen LogP contribution is -2.35. The second-order valence-electron chi connectivity index (χ2n) is 5.59. The van der Waals surface area contributed by atoms with Gasteiger partial charge in [0.25, 0.3) is 0 Å². The minimum Gasteiger partial charge on any atom is -0.480 e. The van der Waals surface area contributed by atoms with Crippen molar-refractivity contribution in [2.75, 3.05) is 5.06 Å². The van der Waals surface area contributed by atoms with E-state index >= 15 is 0 Å². The minimum atomic E-state index is -1.07. The van der Waals surface area contributed by atoms with E-state index in [1.54, 1.807) is 23.0 Å². The molecule has 2 heterocycles. The first kappa shape index (κ1) is 14.4. The van der Waals surface area contributed by atoms with Crippen LogP contribution in [0.3, 0.4) is 0 Å². The molecule has 0 aliphatic carbocycles. The number of fused-ring (bicyclic) bond motifs is 1. The maximum absolute atomic E-state index is 11.3. The Bertz CT molecular complexity index is 907. The van der Waals surface area contributed by atoms with Crippen LogP contribution in [0.15, 0.2) is 54.7 Å². The standard InChI is InChI=1S/C17H14N4O3/c22-17(23)16-9-12-14(7-4-8-15(12)21(16)24)20-10-13(18-19-20)11-5-2-1-3-6-11/h1-8,10,16,24H,9H2,(H,22,23). The number of hydrogen-bond acceptors (Lipinski definition) is 5. The maximum Gasteiger partial charge on any atom is 0.329 e. The molecule has 2 N–H and O–H groups in total. The van der Waals surface area contributed by atoms with E-state index in [1.165, 1.54) is 0 Å². The average molecular weight is 322 g/mol. The van der Waals surface area contributed by atoms with E-state index in [4.69, 9.17) is 0 Å². The number of carboxylic acid groups (broad SMARTS) is 1. The number of nitrogens with zero attached hydrogens (tertiary/aromatic N) is 4. The topological polar surface area (TPSA) is 91.5 Å². The highest BCUT2D eigenvalue weighted by Gasteiger charge is 2.35. The summed E-state index contributed by atoms with van der Waals surface area (Å²) in [5.74, 6) is -1.07. The first-order chi connectivity index (χ1) is 11.6. The fraction of sp³-hybridized carbons (Fsp3) is 0.118. The molecule has 1 aromatic heterocycles. The number of hydroxylamine groups is 1. The predicted molar refractivity (Wildman–Crippen MR) is 86.2 cm³/mol. The lowest BCUT2D eigenvalue weighted by Gasteiger charge is -2.15. The Morgan fingerprint density at radius 1 is 1.08 bits per heavy atom. The van der Waals surface area contributed by atoms with Gasteiger partial charge in [-0.1, -0.05) is 41.6 Å². The SMILES string of the molecule is O=C(O)C1Cc2c(cccc2-n2cc(-c3ccccc3)nn2)N1O. The molecule has 1 unspecified atom stereocenters. The van der Waals surface area contributed by atoms with Crippen LogP contribution in [0.25, 0.3) is 16.9 Å². The summed E-state index contributed by atoms with van der Waals surface area (Å²) in [6.07, 6.45) is 2.00. The van der Waals surface area contributed by atoms with E-state index < -0.39 is 12.0 Å². The second kappa shape index (κ2) is 5.47. The van der Waals surface area contributed by atoms with Crippen LogP contribution in [0, 0.1) is 0 Å². The van der Waals surface area contributed by atoms with Crippen LogP contribution in [0.1, 0.15) is 5.56 Å². The first-order valence-electron chi connectivity index (χ1n) is 7.46. The number of benzene rings is 2. The number of anilines is 1. The van der Waals surface area contributed by atoms with Gasteiger partial charge in [0.05, 0.1) is 17.6 Å². The average Bonchev–Trinajstić information content (AvgIpc) is 3.21. The lowest BCUT2D eigenvalue weighted by atomic mass is 10.1. The zero-order valence-corrected chi connectivity index (χ0v) is 12.6. The van der Waals surface area contributed by atoms with Gasteiger partial charge in [-0.3, -0.25) is 5.21 Å². The van der Waals surface area contributed by atoms with Gasteiger partial charge in [0.2, 0.25) is 0 Å². The van der Waals surface area contributed by atoms with Crippen LogP contribution in [-0.2, 0) is 11.2 Å². The third-order valence-electron chi connectivity index (χ3n) is 4.16. The van der Waals surface area contributed by atoms with E-state index in [1.807, 2.05) is 36.4 Å². The molecule has 0 amide bonds. The highest BCUT2D eigenvalue weighted by Crippen LogP contribution is 2.35. The van der Waals surface area contributed by atoms with Gasteiger partial charge in [0.1, 0.15) is 5.69 Å². The summed E-state index contributed by atoms with van der Waals surface area (Å²) in [6, 6.07) is 14.0. The number of rotatable bonds is 3. The summed E-state index contributed by atoms with van der Waals surface area (Å²) in [7, 11) is 0. The molecule has 1 atom stereocenters. The summed E-state index contributed by atoms with van der Waals surface area (Å²) >= 11 is 0. The number of hydrogen-bond donors (Lipinski definition) is 2. The molecule has 4 rings (SSSR count). The van der Waals surface area contributed by atoms with Gasteiger partial charge in [0.15, 0.2) is 6.04 Å². The summed E-state index contributed by atoms with van der Waals surface area (Å²) in [4.78, 5) is 11.3. The molecule has 1 aliphatic heterocycles. The van der Waals surface area contributed by atoms with Crippen molar-refractivity contribution in [2.24, 2.45) is 0 Å². The Kier molecular flexibility index (Phi) is 3.28. The van der Waals surface area contributed by atoms with Gasteiger partial charge < -0.3 is 5.11 Å². The Labute approximate surface area is 137 Å². The van der Waals surface area contributed by atoms with Crippen LogP contribution < -0.4 is 5.06 Å². The summed E-state index contributed by atoms with van der Waals surface area (Å²) in [5, 5.41) is 28.4. The predicted octanol–water partition coefficient (Wildman–Crippen LogP) is 2.14. The molecular weight excluding hydrogens is 308 g/mol. The van der Waals surface area contributed by atoms with E-state index in [0.717, 1.165) is 21.9 Å². The number of carboxylic acids is 1. The van der Waals surface area contributed by atoms with E-state index in [9.17, 15) is 15.1 Å². The largest absolute Gasteiger partial charge is 0.480 e. The van der Waals surface area contributed by atoms with Gasteiger partial charge in [0, 0.05) is 17.5 Å². The molecule has 3 aromatic rings. The van der Waals surface area contributed by atoms with Crippen molar-refractivity contribution in [3.63, 3.8) is 0 Å². The molecule has 7 nitrogen and oxygen atoms in total. The van der Waals surface area contributed by atoms with Crippen molar-refractivity contribution in [3.05, 3.63) is 60.3 Å². The quantitative estimate of drug-likeness (QED) is 0.767. The van der Waals surface area contributed by atoms with E-state index in [2.05, 4.69) is 10.3 Å². The van der Waals surface area contributed by atoms with Crippen molar-refractivity contribution >= 4 is 11.7 Å². The number of aliphatic carboxylic acids is 1. The van der Waals surface area contributed by atoms with Gasteiger partial charge in [-0.25, -0.2) is 14.5 Å². The van der Waals surface area contributed by atoms with Gasteiger partial charge in [-0.05, 0) is 12.1 Å². The van der Waals surface area contributed by atoms with Gasteiger partial charge >= 0.3 is 5.97 Å². The molecule has 0 saturated heterocycles. The van der Waals surface area contributed by atoms with Crippen LogP contribution in [0.2, 0.25) is 0 Å². The van der Waals surface area contributed by atoms with Crippen LogP contribution in [0.4, 0.5) is 5.69 Å². The third kappa shape index (κ3) is 2.22. The minimum absolute atomic E-state index is 0.206. The highest BCUT2D eigenvalue weighted by molar-refractivity contribution is 5.82. The summed E-state index contributed by atoms with van der Waals surface area (Å²) in [6.45, 7) is 0. The molecule has 7 heteroatoms. The molecule has 120 valence electrons. The fourth-order valence-corrected chi connectivity index (χ4v) is 2.96. The monoisotopic (exact) mass is 322 g/mol. The van der Waals surface area contributed by atoms with Crippen LogP contribution in [-0.4, -0.2) is 37.3 Å². The van der Waals surface area contributed by atoms with Crippen molar-refractivity contribution in [1.82, 2.24) is 15.0 Å². The maximum atomic E-state index is 11.3. The number of carbonyl (C=O) groups is 1. The van der Waals surface area contributed by atoms with E-state index in [0.29, 0.717) is 11.4 Å². The zero-order valence-electron chi connectivity index (χ0n) is 12.6. The molecule has 24 heavy (non-hydrogen) atoms. The lowest BCUT2D eigenvalue weighted by molar-refractivity contribution is -0.139. The van der Waals surface area contributed by atoms with Crippen LogP contribution >= 0.6 is 0 Å². The van der Waals surface area contributed by atoms with Crippen molar-refractivity contribution < 1.29 is 15.1 Å². The molecule has 0 saturated carbocycles. The Morgan fingerprint density at radius 2 is 1.83 bits per heavy atom. The third-order valence-corrected chi connectivity index (χ3v) is 4.16. The van der Waals surface area contributed by atoms with Crippen molar-refractivity contribution in [2.45, 2.75) is 12.5 Å². The summed E-state index contributed by atoms with van der Waals surface area (Å²) < 4.78 is 1.61. The molecule has 0 bridgehead atoms. The normalized spacial score (nSPS) is 16.2. The molecular formula is C17H14N4O3. The van der Waals surface area contributed by atoms with Crippen molar-refractivity contribution in [1.29, 1.82) is 0 Å². The smallest absolute Gasteiger partial charge is 0.329 e. The second-order valence-corrected chi connectivity index (χ2v) is 5.59. The van der Waals surface area contributed by atoms with Crippen molar-refractivity contribution in [3.8, 4) is 16.9 Å². The fourth-order valence-electron chi connectivity index (χ4n) is 2.96. The Balaban J connectivity index is 1.75. The molecule has 1 aliphatic rings. The Hall–Kier alpha value is -3.19. The molecule has 2 aromatic carbocycles. The highest BCUT2D eigenvalue weighted by atomic mass is 16.5. The van der Waals surface area contributed by atoms with Gasteiger partial charge in [-0.2, -0.15) is 0 Å². The Morgan fingerprint density at radius 3 is 2.58 bits per heavy atom. The molecule has 0 radical (unpaired) electrons. The number of aromatic nitrogens is 3. The zero-order chi connectivity index (χ0) is 16.7. The molecule has 0 spiro atoms. The molecule has 0 fully saturated rings. The summed E-state index contributed by atoms with van der Waals surface area (Å²) in [5.41, 5.74) is 3.60. The van der Waals surface area contributed by atoms with Gasteiger partial charge in [-0.15, -0.1) is 5.10 Å². The van der Waals surface area contributed by atoms with E-state index in [-0.39, 0.29) is 6.42 Å². The van der Waals surface area contributed by atoms with Crippen LogP contribution in [0.5, 0.6) is 0 Å². The first-order valence-corrected chi connectivity index (χ1v) is 7.46.